The van der Waals surface area contributed by atoms with Gasteiger partial charge < -0.3 is 0 Å². The summed E-state index contributed by atoms with van der Waals surface area (Å²) in [4.78, 5) is 12.6. The average molecular weight is 431 g/mol. The minimum absolute atomic E-state index is 0.0749. The maximum atomic E-state index is 12.8. The predicted octanol–water partition coefficient (Wildman–Crippen LogP) is 3.36. The van der Waals surface area contributed by atoms with Gasteiger partial charge in [-0.3, -0.25) is 4.79 Å². The second kappa shape index (κ2) is 4.93. The summed E-state index contributed by atoms with van der Waals surface area (Å²) < 4.78 is 25.1. The molecule has 0 spiro atoms. The van der Waals surface area contributed by atoms with E-state index < -0.39 is 19.2 Å². The number of alkyl halides is 2. The average Bonchev–Trinajstić information content (AvgIpc) is 2.68. The van der Waals surface area contributed by atoms with Gasteiger partial charge in [-0.1, -0.05) is 68.3 Å². The smallest absolute Gasteiger partial charge is 0.270 e. The molecule has 21 heavy (non-hydrogen) atoms. The van der Waals surface area contributed by atoms with Crippen molar-refractivity contribution in [3.8, 4) is 0 Å². The molecule has 0 N–H and O–H groups in total. The Labute approximate surface area is 139 Å². The number of para-hydroxylation sites is 1. The second-order valence-corrected chi connectivity index (χ2v) is 9.71. The van der Waals surface area contributed by atoms with Crippen molar-refractivity contribution in [2.45, 2.75) is 8.13 Å². The van der Waals surface area contributed by atoms with Crippen LogP contribution >= 0.6 is 31.9 Å². The lowest BCUT2D eigenvalue weighted by molar-refractivity contribution is -0.116. The third-order valence-electron chi connectivity index (χ3n) is 3.20. The molecule has 0 radical (unpaired) electrons. The van der Waals surface area contributed by atoms with Crippen LogP contribution in [0.25, 0.3) is 0 Å². The molecular formula is C14H9Br2NO3S. The monoisotopic (exact) mass is 429 g/mol. The molecule has 2 aromatic carbocycles. The second-order valence-electron chi connectivity index (χ2n) is 4.48. The molecule has 0 saturated carbocycles. The Morgan fingerprint density at radius 3 is 2.14 bits per heavy atom. The molecule has 0 atom stereocenters. The summed E-state index contributed by atoms with van der Waals surface area (Å²) in [6.07, 6.45) is 0. The minimum atomic E-state index is -3.95. The van der Waals surface area contributed by atoms with E-state index >= 15 is 0 Å². The maximum absolute atomic E-state index is 12.8. The number of rotatable bonds is 2. The number of hydrogen-bond acceptors (Lipinski definition) is 3. The largest absolute Gasteiger partial charge is 0.273 e. The number of nitrogens with zero attached hydrogens (tertiary/aromatic N) is 1. The SMILES string of the molecule is O=C1N(S(=O)(=O)c2ccccc2)c2ccccc2C1(Br)Br. The zero-order valence-corrected chi connectivity index (χ0v) is 14.5. The summed E-state index contributed by atoms with van der Waals surface area (Å²) in [7, 11) is -3.95. The van der Waals surface area contributed by atoms with Gasteiger partial charge in [0.15, 0.2) is 3.23 Å². The molecule has 1 heterocycles. The van der Waals surface area contributed by atoms with E-state index in [1.165, 1.54) is 12.1 Å². The van der Waals surface area contributed by atoms with E-state index in [0.717, 1.165) is 4.31 Å². The van der Waals surface area contributed by atoms with Crippen LogP contribution in [0.15, 0.2) is 59.5 Å². The highest BCUT2D eigenvalue weighted by Crippen LogP contribution is 2.51. The Morgan fingerprint density at radius 1 is 0.905 bits per heavy atom. The van der Waals surface area contributed by atoms with E-state index in [0.29, 0.717) is 11.3 Å². The van der Waals surface area contributed by atoms with Crippen LogP contribution < -0.4 is 4.31 Å². The number of fused-ring (bicyclic) bond motifs is 1. The van der Waals surface area contributed by atoms with Gasteiger partial charge in [0.1, 0.15) is 0 Å². The molecule has 0 unspecified atom stereocenters. The van der Waals surface area contributed by atoms with E-state index in [9.17, 15) is 13.2 Å². The number of benzene rings is 2. The van der Waals surface area contributed by atoms with Gasteiger partial charge in [0.05, 0.1) is 10.6 Å². The highest BCUT2D eigenvalue weighted by molar-refractivity contribution is 9.25. The van der Waals surface area contributed by atoms with Crippen LogP contribution in [0.3, 0.4) is 0 Å². The zero-order chi connectivity index (χ0) is 15.3. The van der Waals surface area contributed by atoms with Gasteiger partial charge in [-0.15, -0.1) is 0 Å². The summed E-state index contributed by atoms with van der Waals surface area (Å²) in [5.41, 5.74) is 0.912. The van der Waals surface area contributed by atoms with Crippen molar-refractivity contribution in [2.75, 3.05) is 4.31 Å². The molecule has 0 aromatic heterocycles. The van der Waals surface area contributed by atoms with Crippen molar-refractivity contribution >= 4 is 53.5 Å². The topological polar surface area (TPSA) is 54.5 Å². The molecule has 0 fully saturated rings. The lowest BCUT2D eigenvalue weighted by Crippen LogP contribution is -2.37. The highest BCUT2D eigenvalue weighted by atomic mass is 79.9. The van der Waals surface area contributed by atoms with Crippen molar-refractivity contribution in [3.05, 3.63) is 60.2 Å². The van der Waals surface area contributed by atoms with Gasteiger partial charge in [-0.2, -0.15) is 0 Å². The van der Waals surface area contributed by atoms with Gasteiger partial charge in [0, 0.05) is 5.56 Å². The van der Waals surface area contributed by atoms with Crippen LogP contribution in [0.1, 0.15) is 5.56 Å². The molecule has 3 rings (SSSR count). The van der Waals surface area contributed by atoms with Crippen LogP contribution in [0.5, 0.6) is 0 Å². The number of hydrogen-bond donors (Lipinski definition) is 0. The van der Waals surface area contributed by atoms with Crippen molar-refractivity contribution in [1.82, 2.24) is 0 Å². The van der Waals surface area contributed by atoms with Gasteiger partial charge in [0.25, 0.3) is 15.9 Å². The summed E-state index contributed by atoms with van der Waals surface area (Å²) in [5, 5.41) is 0. The Hall–Kier alpha value is -1.18. The first-order valence-corrected chi connectivity index (χ1v) is 9.01. The molecule has 0 aliphatic carbocycles. The third-order valence-corrected chi connectivity index (χ3v) is 6.44. The van der Waals surface area contributed by atoms with Crippen LogP contribution in [-0.4, -0.2) is 14.3 Å². The number of amides is 1. The quantitative estimate of drug-likeness (QED) is 0.686. The number of sulfonamides is 1. The number of halogens is 2. The van der Waals surface area contributed by atoms with Gasteiger partial charge in [0.2, 0.25) is 0 Å². The summed E-state index contributed by atoms with van der Waals surface area (Å²) in [5.74, 6) is -0.590. The molecule has 108 valence electrons. The van der Waals surface area contributed by atoms with Gasteiger partial charge >= 0.3 is 0 Å². The fourth-order valence-corrected chi connectivity index (χ4v) is 4.95. The Bertz CT molecular complexity index is 819. The highest BCUT2D eigenvalue weighted by Gasteiger charge is 2.52. The van der Waals surface area contributed by atoms with Crippen LogP contribution in [0, 0.1) is 0 Å². The first kappa shape index (κ1) is 14.7. The lowest BCUT2D eigenvalue weighted by atomic mass is 10.2. The standard InChI is InChI=1S/C14H9Br2NO3S/c15-14(16)11-8-4-5-9-12(11)17(13(14)18)21(19,20)10-6-2-1-3-7-10/h1-9H. The molecule has 1 aliphatic rings. The fraction of sp³-hybridized carbons (Fsp3) is 0.0714. The van der Waals surface area contributed by atoms with Crippen molar-refractivity contribution in [2.24, 2.45) is 0 Å². The molecule has 1 aliphatic heterocycles. The van der Waals surface area contributed by atoms with Crippen molar-refractivity contribution < 1.29 is 13.2 Å². The molecule has 2 aromatic rings. The first-order chi connectivity index (χ1) is 9.87. The number of anilines is 1. The Balaban J connectivity index is 2.23. The van der Waals surface area contributed by atoms with Crippen LogP contribution in [-0.2, 0) is 18.1 Å². The van der Waals surface area contributed by atoms with E-state index in [1.807, 2.05) is 0 Å². The third kappa shape index (κ3) is 2.15. The number of carbonyl (C=O) groups is 1. The summed E-state index contributed by atoms with van der Waals surface area (Å²) >= 11 is 6.55. The minimum Gasteiger partial charge on any atom is -0.270 e. The molecule has 0 bridgehead atoms. The van der Waals surface area contributed by atoms with E-state index in [2.05, 4.69) is 31.9 Å². The van der Waals surface area contributed by atoms with Crippen molar-refractivity contribution in [1.29, 1.82) is 0 Å². The maximum Gasteiger partial charge on any atom is 0.273 e. The zero-order valence-electron chi connectivity index (χ0n) is 10.5. The van der Waals surface area contributed by atoms with Crippen LogP contribution in [0.4, 0.5) is 5.69 Å². The Kier molecular flexibility index (Phi) is 3.46. The molecule has 4 nitrogen and oxygen atoms in total. The first-order valence-electron chi connectivity index (χ1n) is 5.99. The van der Waals surface area contributed by atoms with Gasteiger partial charge in [-0.05, 0) is 18.2 Å². The normalized spacial score (nSPS) is 16.9. The molecule has 1 amide bonds. The van der Waals surface area contributed by atoms with Gasteiger partial charge in [-0.25, -0.2) is 12.7 Å². The van der Waals surface area contributed by atoms with E-state index in [-0.39, 0.29) is 4.90 Å². The number of carbonyl (C=O) groups excluding carboxylic acids is 1. The summed E-state index contributed by atoms with van der Waals surface area (Å²) in [6, 6.07) is 14.7. The molecule has 0 saturated heterocycles. The summed E-state index contributed by atoms with van der Waals surface area (Å²) in [6.45, 7) is 0. The Morgan fingerprint density at radius 2 is 1.48 bits per heavy atom. The van der Waals surface area contributed by atoms with Crippen LogP contribution in [0.2, 0.25) is 0 Å². The molecular weight excluding hydrogens is 422 g/mol. The fourth-order valence-electron chi connectivity index (χ4n) is 2.20. The van der Waals surface area contributed by atoms with E-state index in [1.54, 1.807) is 42.5 Å². The lowest BCUT2D eigenvalue weighted by Gasteiger charge is -2.18. The predicted molar refractivity (Wildman–Crippen MR) is 87.1 cm³/mol. The molecule has 7 heteroatoms. The van der Waals surface area contributed by atoms with E-state index in [4.69, 9.17) is 0 Å². The van der Waals surface area contributed by atoms with Crippen molar-refractivity contribution in [3.63, 3.8) is 0 Å².